The summed E-state index contributed by atoms with van der Waals surface area (Å²) < 4.78 is 13.3. The third-order valence-electron chi connectivity index (χ3n) is 3.89. The van der Waals surface area contributed by atoms with Gasteiger partial charge in [0.2, 0.25) is 0 Å². The summed E-state index contributed by atoms with van der Waals surface area (Å²) in [6, 6.07) is 4.84. The van der Waals surface area contributed by atoms with E-state index in [1.807, 2.05) is 6.20 Å². The lowest BCUT2D eigenvalue weighted by molar-refractivity contribution is 0.629. The minimum Gasteiger partial charge on any atom is -0.361 e. The van der Waals surface area contributed by atoms with Gasteiger partial charge < -0.3 is 15.6 Å². The van der Waals surface area contributed by atoms with Gasteiger partial charge in [0.25, 0.3) is 0 Å². The maximum absolute atomic E-state index is 13.3. The second-order valence-corrected chi connectivity index (χ2v) is 5.58. The number of rotatable bonds is 5. The standard InChI is InChI=1S/C16H21FN4.HI/c1-18-16(21-9-11-2-3-11)19-7-6-12-10-20-15-5-4-13(17)8-14(12)15;/h4-5,8,10-11,20H,2-3,6-7,9H2,1H3,(H2,18,19,21);1H. The molecule has 3 rings (SSSR count). The van der Waals surface area contributed by atoms with Crippen LogP contribution in [0.15, 0.2) is 29.4 Å². The summed E-state index contributed by atoms with van der Waals surface area (Å²) >= 11 is 0. The lowest BCUT2D eigenvalue weighted by Gasteiger charge is -2.11. The minimum absolute atomic E-state index is 0. The number of guanidine groups is 1. The zero-order valence-electron chi connectivity index (χ0n) is 12.7. The zero-order chi connectivity index (χ0) is 14.7. The molecule has 1 fully saturated rings. The molecule has 1 aromatic heterocycles. The van der Waals surface area contributed by atoms with Gasteiger partial charge >= 0.3 is 0 Å². The van der Waals surface area contributed by atoms with E-state index in [2.05, 4.69) is 20.6 Å². The zero-order valence-corrected chi connectivity index (χ0v) is 15.0. The Morgan fingerprint density at radius 3 is 2.91 bits per heavy atom. The van der Waals surface area contributed by atoms with Crippen LogP contribution in [-0.2, 0) is 6.42 Å². The second kappa shape index (κ2) is 7.80. The van der Waals surface area contributed by atoms with Crippen LogP contribution < -0.4 is 10.6 Å². The number of fused-ring (bicyclic) bond motifs is 1. The van der Waals surface area contributed by atoms with Crippen molar-refractivity contribution in [3.8, 4) is 0 Å². The predicted molar refractivity (Wildman–Crippen MR) is 99.5 cm³/mol. The number of benzene rings is 1. The molecule has 120 valence electrons. The van der Waals surface area contributed by atoms with Crippen molar-refractivity contribution in [2.45, 2.75) is 19.3 Å². The molecule has 0 aliphatic heterocycles. The molecule has 0 saturated heterocycles. The molecule has 0 amide bonds. The molecule has 2 aromatic rings. The highest BCUT2D eigenvalue weighted by molar-refractivity contribution is 14.0. The van der Waals surface area contributed by atoms with Gasteiger partial charge in [-0.15, -0.1) is 24.0 Å². The molecule has 1 aromatic carbocycles. The molecule has 0 atom stereocenters. The largest absolute Gasteiger partial charge is 0.361 e. The molecule has 6 heteroatoms. The first-order chi connectivity index (χ1) is 10.3. The van der Waals surface area contributed by atoms with E-state index in [4.69, 9.17) is 0 Å². The molecule has 1 aliphatic carbocycles. The van der Waals surface area contributed by atoms with Crippen molar-refractivity contribution in [1.82, 2.24) is 15.6 Å². The minimum atomic E-state index is -0.196. The lowest BCUT2D eigenvalue weighted by Crippen LogP contribution is -2.39. The van der Waals surface area contributed by atoms with Crippen molar-refractivity contribution < 1.29 is 4.39 Å². The van der Waals surface area contributed by atoms with Crippen LogP contribution in [0.4, 0.5) is 4.39 Å². The lowest BCUT2D eigenvalue weighted by atomic mass is 10.1. The van der Waals surface area contributed by atoms with Crippen LogP contribution in [0.1, 0.15) is 18.4 Å². The number of hydrogen-bond donors (Lipinski definition) is 3. The summed E-state index contributed by atoms with van der Waals surface area (Å²) in [5.41, 5.74) is 2.09. The fourth-order valence-corrected chi connectivity index (χ4v) is 2.46. The quantitative estimate of drug-likeness (QED) is 0.399. The third kappa shape index (κ3) is 4.34. The molecule has 0 unspecified atom stereocenters. The number of aromatic nitrogens is 1. The Labute approximate surface area is 147 Å². The number of aromatic amines is 1. The monoisotopic (exact) mass is 416 g/mol. The molecule has 3 N–H and O–H groups in total. The van der Waals surface area contributed by atoms with E-state index < -0.39 is 0 Å². The molecule has 1 saturated carbocycles. The van der Waals surface area contributed by atoms with Crippen LogP contribution in [-0.4, -0.2) is 31.1 Å². The van der Waals surface area contributed by atoms with E-state index in [0.29, 0.717) is 0 Å². The number of hydrogen-bond acceptors (Lipinski definition) is 1. The van der Waals surface area contributed by atoms with Crippen molar-refractivity contribution in [2.75, 3.05) is 20.1 Å². The van der Waals surface area contributed by atoms with Gasteiger partial charge in [0, 0.05) is 37.2 Å². The highest BCUT2D eigenvalue weighted by Gasteiger charge is 2.20. The molecule has 4 nitrogen and oxygen atoms in total. The van der Waals surface area contributed by atoms with Gasteiger partial charge in [0.05, 0.1) is 0 Å². The Balaban J connectivity index is 0.00000176. The molecular weight excluding hydrogens is 394 g/mol. The fraction of sp³-hybridized carbons (Fsp3) is 0.438. The van der Waals surface area contributed by atoms with Crippen LogP contribution in [0.2, 0.25) is 0 Å². The Morgan fingerprint density at radius 2 is 2.18 bits per heavy atom. The number of H-pyrrole nitrogens is 1. The highest BCUT2D eigenvalue weighted by Crippen LogP contribution is 2.27. The Kier molecular flexibility index (Phi) is 6.05. The van der Waals surface area contributed by atoms with E-state index in [1.165, 1.54) is 18.9 Å². The summed E-state index contributed by atoms with van der Waals surface area (Å²) in [5, 5.41) is 7.59. The summed E-state index contributed by atoms with van der Waals surface area (Å²) in [7, 11) is 1.78. The summed E-state index contributed by atoms with van der Waals surface area (Å²) in [6.45, 7) is 1.77. The summed E-state index contributed by atoms with van der Waals surface area (Å²) in [4.78, 5) is 7.39. The highest BCUT2D eigenvalue weighted by atomic mass is 127. The smallest absolute Gasteiger partial charge is 0.190 e. The molecule has 1 aliphatic rings. The average Bonchev–Trinajstić information content (AvgIpc) is 3.24. The molecule has 0 spiro atoms. The van der Waals surface area contributed by atoms with Crippen LogP contribution in [0, 0.1) is 11.7 Å². The average molecular weight is 416 g/mol. The van der Waals surface area contributed by atoms with Gasteiger partial charge in [0.15, 0.2) is 5.96 Å². The number of aliphatic imine (C=N–C) groups is 1. The Bertz CT molecular complexity index is 649. The van der Waals surface area contributed by atoms with E-state index in [-0.39, 0.29) is 29.8 Å². The Hall–Kier alpha value is -1.31. The maximum Gasteiger partial charge on any atom is 0.190 e. The molecule has 0 radical (unpaired) electrons. The van der Waals surface area contributed by atoms with Gasteiger partial charge in [0.1, 0.15) is 5.82 Å². The van der Waals surface area contributed by atoms with Gasteiger partial charge in [-0.1, -0.05) is 0 Å². The van der Waals surface area contributed by atoms with Crippen LogP contribution in [0.25, 0.3) is 10.9 Å². The van der Waals surface area contributed by atoms with E-state index in [0.717, 1.165) is 47.9 Å². The number of halogens is 2. The first kappa shape index (κ1) is 17.1. The van der Waals surface area contributed by atoms with Crippen molar-refractivity contribution in [2.24, 2.45) is 10.9 Å². The van der Waals surface area contributed by atoms with E-state index >= 15 is 0 Å². The van der Waals surface area contributed by atoms with Crippen molar-refractivity contribution >= 4 is 40.8 Å². The van der Waals surface area contributed by atoms with Crippen molar-refractivity contribution in [3.63, 3.8) is 0 Å². The van der Waals surface area contributed by atoms with Gasteiger partial charge in [-0.25, -0.2) is 4.39 Å². The molecular formula is C16H22FIN4. The van der Waals surface area contributed by atoms with E-state index in [9.17, 15) is 4.39 Å². The second-order valence-electron chi connectivity index (χ2n) is 5.58. The Morgan fingerprint density at radius 1 is 1.36 bits per heavy atom. The van der Waals surface area contributed by atoms with Crippen molar-refractivity contribution in [3.05, 3.63) is 35.8 Å². The first-order valence-electron chi connectivity index (χ1n) is 7.46. The van der Waals surface area contributed by atoms with Gasteiger partial charge in [-0.2, -0.15) is 0 Å². The molecule has 22 heavy (non-hydrogen) atoms. The number of nitrogens with one attached hydrogen (secondary N) is 3. The van der Waals surface area contributed by atoms with Crippen LogP contribution in [0.5, 0.6) is 0 Å². The predicted octanol–water partition coefficient (Wildman–Crippen LogP) is 3.04. The maximum atomic E-state index is 13.3. The van der Waals surface area contributed by atoms with Gasteiger partial charge in [-0.05, 0) is 48.9 Å². The van der Waals surface area contributed by atoms with Crippen molar-refractivity contribution in [1.29, 1.82) is 0 Å². The van der Waals surface area contributed by atoms with Crippen LogP contribution >= 0.6 is 24.0 Å². The summed E-state index contributed by atoms with van der Waals surface area (Å²) in [6.07, 6.45) is 5.43. The molecule has 0 bridgehead atoms. The third-order valence-corrected chi connectivity index (χ3v) is 3.89. The van der Waals surface area contributed by atoms with Crippen LogP contribution in [0.3, 0.4) is 0 Å². The number of nitrogens with zero attached hydrogens (tertiary/aromatic N) is 1. The SMILES string of the molecule is CN=C(NCCc1c[nH]c2ccc(F)cc12)NCC1CC1.I. The summed E-state index contributed by atoms with van der Waals surface area (Å²) in [5.74, 6) is 1.46. The topological polar surface area (TPSA) is 52.2 Å². The van der Waals surface area contributed by atoms with Gasteiger partial charge in [-0.3, -0.25) is 4.99 Å². The molecule has 1 heterocycles. The van der Waals surface area contributed by atoms with E-state index in [1.54, 1.807) is 19.2 Å². The fourth-order valence-electron chi connectivity index (χ4n) is 2.46. The normalized spacial score (nSPS) is 14.7. The first-order valence-corrected chi connectivity index (χ1v) is 7.46.